The lowest BCUT2D eigenvalue weighted by molar-refractivity contribution is -0.149. The third kappa shape index (κ3) is 4.20. The summed E-state index contributed by atoms with van der Waals surface area (Å²) in [7, 11) is 0. The molecule has 1 aliphatic rings. The van der Waals surface area contributed by atoms with Crippen molar-refractivity contribution in [3.63, 3.8) is 0 Å². The molecule has 0 heterocycles. The second-order valence-electron chi connectivity index (χ2n) is 5.24. The summed E-state index contributed by atoms with van der Waals surface area (Å²) in [6.45, 7) is 8.12. The van der Waals surface area contributed by atoms with Crippen LogP contribution in [-0.4, -0.2) is 48.2 Å². The molecule has 1 amide bonds. The highest BCUT2D eigenvalue weighted by Gasteiger charge is 2.42. The van der Waals surface area contributed by atoms with Crippen molar-refractivity contribution in [3.8, 4) is 0 Å². The molecule has 3 atom stereocenters. The van der Waals surface area contributed by atoms with Crippen molar-refractivity contribution < 1.29 is 19.4 Å². The summed E-state index contributed by atoms with van der Waals surface area (Å²) >= 11 is 0. The third-order valence-electron chi connectivity index (χ3n) is 3.84. The van der Waals surface area contributed by atoms with Crippen molar-refractivity contribution in [2.24, 2.45) is 17.8 Å². The zero-order valence-electron chi connectivity index (χ0n) is 12.1. The maximum atomic E-state index is 12.4. The lowest BCUT2D eigenvalue weighted by Gasteiger charge is -2.26. The van der Waals surface area contributed by atoms with E-state index >= 15 is 0 Å². The smallest absolute Gasteiger partial charge is 0.307 e. The number of carbonyl (C=O) groups excluding carboxylic acids is 1. The predicted molar refractivity (Wildman–Crippen MR) is 71.8 cm³/mol. The summed E-state index contributed by atoms with van der Waals surface area (Å²) in [5.41, 5.74) is 0. The number of aliphatic carboxylic acids is 1. The van der Waals surface area contributed by atoms with Crippen molar-refractivity contribution in [1.82, 2.24) is 4.90 Å². The van der Waals surface area contributed by atoms with E-state index in [2.05, 4.69) is 0 Å². The number of rotatable bonds is 7. The van der Waals surface area contributed by atoms with Crippen LogP contribution >= 0.6 is 0 Å². The lowest BCUT2D eigenvalue weighted by Crippen LogP contribution is -2.40. The van der Waals surface area contributed by atoms with Gasteiger partial charge in [-0.15, -0.1) is 0 Å². The fourth-order valence-corrected chi connectivity index (χ4v) is 2.82. The van der Waals surface area contributed by atoms with E-state index in [1.54, 1.807) is 4.90 Å². The Kier molecular flexibility index (Phi) is 6.28. The molecule has 19 heavy (non-hydrogen) atoms. The molecule has 1 unspecified atom stereocenters. The van der Waals surface area contributed by atoms with Gasteiger partial charge in [-0.1, -0.05) is 6.92 Å². The van der Waals surface area contributed by atoms with Gasteiger partial charge in [0.2, 0.25) is 5.91 Å². The Hall–Kier alpha value is -1.10. The Morgan fingerprint density at radius 1 is 1.26 bits per heavy atom. The van der Waals surface area contributed by atoms with Gasteiger partial charge in [0.05, 0.1) is 18.4 Å². The van der Waals surface area contributed by atoms with E-state index in [4.69, 9.17) is 4.74 Å². The van der Waals surface area contributed by atoms with Gasteiger partial charge >= 0.3 is 5.97 Å². The largest absolute Gasteiger partial charge is 0.481 e. The quantitative estimate of drug-likeness (QED) is 0.714. The van der Waals surface area contributed by atoms with Crippen molar-refractivity contribution in [1.29, 1.82) is 0 Å². The Labute approximate surface area is 114 Å². The Bertz CT molecular complexity index is 319. The maximum Gasteiger partial charge on any atom is 0.307 e. The van der Waals surface area contributed by atoms with Crippen molar-refractivity contribution in [2.45, 2.75) is 33.6 Å². The number of amides is 1. The van der Waals surface area contributed by atoms with Crippen molar-refractivity contribution >= 4 is 11.9 Å². The number of nitrogens with zero attached hydrogens (tertiary/aromatic N) is 1. The molecule has 110 valence electrons. The van der Waals surface area contributed by atoms with E-state index in [-0.39, 0.29) is 11.8 Å². The Morgan fingerprint density at radius 3 is 2.42 bits per heavy atom. The number of hydrogen-bond acceptors (Lipinski definition) is 3. The molecule has 0 aromatic rings. The highest BCUT2D eigenvalue weighted by Crippen LogP contribution is 2.37. The van der Waals surface area contributed by atoms with Crippen LogP contribution in [0.5, 0.6) is 0 Å². The molecule has 1 rings (SSSR count). The predicted octanol–water partition coefficient (Wildman–Crippen LogP) is 1.62. The van der Waals surface area contributed by atoms with Crippen LogP contribution in [0.1, 0.15) is 33.6 Å². The summed E-state index contributed by atoms with van der Waals surface area (Å²) in [5.74, 6) is -1.46. The van der Waals surface area contributed by atoms with Crippen LogP contribution in [0, 0.1) is 17.8 Å². The van der Waals surface area contributed by atoms with Gasteiger partial charge in [-0.05, 0) is 32.6 Å². The lowest BCUT2D eigenvalue weighted by atomic mass is 9.94. The molecule has 0 aliphatic heterocycles. The van der Waals surface area contributed by atoms with Gasteiger partial charge < -0.3 is 14.7 Å². The topological polar surface area (TPSA) is 66.8 Å². The van der Waals surface area contributed by atoms with E-state index in [1.165, 1.54) is 0 Å². The van der Waals surface area contributed by atoms with E-state index < -0.39 is 11.9 Å². The number of ether oxygens (including phenoxy) is 1. The van der Waals surface area contributed by atoms with Gasteiger partial charge in [0.1, 0.15) is 0 Å². The van der Waals surface area contributed by atoms with Crippen LogP contribution < -0.4 is 0 Å². The third-order valence-corrected chi connectivity index (χ3v) is 3.84. The summed E-state index contributed by atoms with van der Waals surface area (Å²) in [6, 6.07) is 0. The number of carboxylic acid groups (broad SMARTS) is 1. The first-order chi connectivity index (χ1) is 9.01. The maximum absolute atomic E-state index is 12.4. The van der Waals surface area contributed by atoms with Gasteiger partial charge in [0, 0.05) is 19.7 Å². The second-order valence-corrected chi connectivity index (χ2v) is 5.24. The van der Waals surface area contributed by atoms with Gasteiger partial charge in [-0.2, -0.15) is 0 Å². The fourth-order valence-electron chi connectivity index (χ4n) is 2.82. The average molecular weight is 271 g/mol. The SMILES string of the molecule is CCOCCN(CC)C(=O)[C@H]1CC(C)C[C@H]1C(=O)O. The Morgan fingerprint density at radius 2 is 1.89 bits per heavy atom. The number of carbonyl (C=O) groups is 2. The molecule has 1 N–H and O–H groups in total. The molecule has 0 radical (unpaired) electrons. The van der Waals surface area contributed by atoms with Crippen LogP contribution in [0.25, 0.3) is 0 Å². The van der Waals surface area contributed by atoms with Crippen LogP contribution in [0.4, 0.5) is 0 Å². The second kappa shape index (κ2) is 7.48. The molecule has 0 spiro atoms. The molecule has 1 saturated carbocycles. The summed E-state index contributed by atoms with van der Waals surface area (Å²) in [6.07, 6.45) is 1.29. The minimum atomic E-state index is -0.844. The molecular weight excluding hydrogens is 246 g/mol. The first-order valence-electron chi connectivity index (χ1n) is 7.10. The molecule has 1 fully saturated rings. The molecule has 5 heteroatoms. The normalized spacial score (nSPS) is 26.4. The molecule has 0 aromatic heterocycles. The van der Waals surface area contributed by atoms with E-state index in [1.807, 2.05) is 20.8 Å². The zero-order valence-corrected chi connectivity index (χ0v) is 12.1. The standard InChI is InChI=1S/C14H25NO4/c1-4-15(6-7-19-5-2)13(16)11-8-10(3)9-12(11)14(17)18/h10-12H,4-9H2,1-3H3,(H,17,18)/t10?,11-,12+/m0/s1. The number of likely N-dealkylation sites (N-methyl/N-ethyl adjacent to an activating group) is 1. The van der Waals surface area contributed by atoms with Crippen molar-refractivity contribution in [3.05, 3.63) is 0 Å². The van der Waals surface area contributed by atoms with Crippen LogP contribution in [0.15, 0.2) is 0 Å². The van der Waals surface area contributed by atoms with E-state index in [9.17, 15) is 14.7 Å². The summed E-state index contributed by atoms with van der Waals surface area (Å²) < 4.78 is 5.26. The first-order valence-corrected chi connectivity index (χ1v) is 7.10. The summed E-state index contributed by atoms with van der Waals surface area (Å²) in [5, 5.41) is 9.22. The van der Waals surface area contributed by atoms with Crippen molar-refractivity contribution in [2.75, 3.05) is 26.3 Å². The zero-order chi connectivity index (χ0) is 14.4. The minimum absolute atomic E-state index is 0.0287. The van der Waals surface area contributed by atoms with E-state index in [0.29, 0.717) is 45.1 Å². The first kappa shape index (κ1) is 16.0. The van der Waals surface area contributed by atoms with Crippen LogP contribution in [0.2, 0.25) is 0 Å². The van der Waals surface area contributed by atoms with Gasteiger partial charge in [0.25, 0.3) is 0 Å². The fraction of sp³-hybridized carbons (Fsp3) is 0.857. The Balaban J connectivity index is 2.64. The molecular formula is C14H25NO4. The number of hydrogen-bond donors (Lipinski definition) is 1. The highest BCUT2D eigenvalue weighted by molar-refractivity contribution is 5.85. The van der Waals surface area contributed by atoms with E-state index in [0.717, 1.165) is 0 Å². The monoisotopic (exact) mass is 271 g/mol. The number of carboxylic acids is 1. The van der Waals surface area contributed by atoms with Crippen LogP contribution in [-0.2, 0) is 14.3 Å². The van der Waals surface area contributed by atoms with Gasteiger partial charge in [-0.3, -0.25) is 9.59 Å². The molecule has 5 nitrogen and oxygen atoms in total. The van der Waals surface area contributed by atoms with Gasteiger partial charge in [-0.25, -0.2) is 0 Å². The van der Waals surface area contributed by atoms with Crippen LogP contribution in [0.3, 0.4) is 0 Å². The molecule has 0 saturated heterocycles. The molecule has 0 bridgehead atoms. The highest BCUT2D eigenvalue weighted by atomic mass is 16.5. The molecule has 0 aromatic carbocycles. The minimum Gasteiger partial charge on any atom is -0.481 e. The van der Waals surface area contributed by atoms with Gasteiger partial charge in [0.15, 0.2) is 0 Å². The summed E-state index contributed by atoms with van der Waals surface area (Å²) in [4.78, 5) is 25.4. The average Bonchev–Trinajstić information content (AvgIpc) is 2.76. The molecule has 1 aliphatic carbocycles.